The van der Waals surface area contributed by atoms with Crippen molar-refractivity contribution in [1.29, 1.82) is 0 Å². The Morgan fingerprint density at radius 3 is 1.50 bits per heavy atom. The fourth-order valence-corrected chi connectivity index (χ4v) is 3.23. The molecule has 2 aliphatic rings. The highest BCUT2D eigenvalue weighted by Crippen LogP contribution is 2.27. The number of carbonyl (C=O) groups excluding carboxylic acids is 1. The predicted molar refractivity (Wildman–Crippen MR) is 85.6 cm³/mol. The Morgan fingerprint density at radius 1 is 0.850 bits per heavy atom. The topological polar surface area (TPSA) is 41.1 Å². The summed E-state index contributed by atoms with van der Waals surface area (Å²) in [6, 6.07) is 0. The van der Waals surface area contributed by atoms with E-state index in [4.69, 9.17) is 0 Å². The van der Waals surface area contributed by atoms with Crippen LogP contribution in [-0.2, 0) is 4.79 Å². The van der Waals surface area contributed by atoms with E-state index < -0.39 is 0 Å². The molecular weight excluding hydrogens is 248 g/mol. The van der Waals surface area contributed by atoms with E-state index in [1.54, 1.807) is 0 Å². The smallest absolute Gasteiger partial charge is 0.136 e. The van der Waals surface area contributed by atoms with Gasteiger partial charge in [-0.05, 0) is 53.5 Å². The molecule has 0 radical (unpaired) electrons. The van der Waals surface area contributed by atoms with Crippen LogP contribution in [0.15, 0.2) is 24.4 Å². The molecule has 3 nitrogen and oxygen atoms in total. The zero-order valence-corrected chi connectivity index (χ0v) is 13.9. The number of hydrogen-bond donors (Lipinski definition) is 2. The van der Waals surface area contributed by atoms with Gasteiger partial charge in [0.2, 0.25) is 0 Å². The third-order valence-corrected chi connectivity index (χ3v) is 3.53. The molecule has 0 atom stereocenters. The Hall–Kier alpha value is -1.09. The number of carbonyl (C=O) groups is 1. The van der Waals surface area contributed by atoms with E-state index in [1.807, 2.05) is 0 Å². The second-order valence-electron chi connectivity index (χ2n) is 8.05. The van der Waals surface area contributed by atoms with Crippen molar-refractivity contribution in [3.05, 3.63) is 24.4 Å². The fourth-order valence-electron chi connectivity index (χ4n) is 3.23. The minimum Gasteiger partial charge on any atom is -0.380 e. The molecule has 0 bridgehead atoms. The summed E-state index contributed by atoms with van der Waals surface area (Å²) in [7, 11) is 0. The van der Waals surface area contributed by atoms with Gasteiger partial charge in [-0.2, -0.15) is 0 Å². The molecular formula is C17H30N2O. The van der Waals surface area contributed by atoms with Gasteiger partial charge in [0.05, 0.1) is 0 Å². The van der Waals surface area contributed by atoms with E-state index in [-0.39, 0.29) is 16.6 Å². The largest absolute Gasteiger partial charge is 0.380 e. The Balaban J connectivity index is 0.000000204. The highest BCUT2D eigenvalue weighted by molar-refractivity contribution is 5.81. The van der Waals surface area contributed by atoms with E-state index in [0.717, 1.165) is 17.7 Å². The minimum atomic E-state index is -0.0150. The van der Waals surface area contributed by atoms with Gasteiger partial charge in [-0.15, -0.1) is 0 Å². The van der Waals surface area contributed by atoms with Crippen LogP contribution in [0.5, 0.6) is 0 Å². The van der Waals surface area contributed by atoms with Crippen LogP contribution in [0.1, 0.15) is 60.8 Å². The van der Waals surface area contributed by atoms with Crippen LogP contribution in [0.25, 0.3) is 0 Å². The monoisotopic (exact) mass is 278 g/mol. The van der Waals surface area contributed by atoms with Crippen molar-refractivity contribution in [1.82, 2.24) is 10.6 Å². The molecule has 2 heterocycles. The van der Waals surface area contributed by atoms with Crippen molar-refractivity contribution in [2.24, 2.45) is 0 Å². The van der Waals surface area contributed by atoms with Crippen LogP contribution in [0, 0.1) is 0 Å². The molecule has 2 rings (SSSR count). The lowest BCUT2D eigenvalue weighted by molar-refractivity contribution is -0.124. The first-order valence-corrected chi connectivity index (χ1v) is 7.28. The molecule has 0 amide bonds. The number of Topliss-reactive ketones (excluding diaryl/α,β-unsaturated/α-hetero) is 1. The lowest BCUT2D eigenvalue weighted by Gasteiger charge is -2.41. The predicted octanol–water partition coefficient (Wildman–Crippen LogP) is 3.32. The summed E-state index contributed by atoms with van der Waals surface area (Å²) in [4.78, 5) is 11.3. The average molecular weight is 278 g/mol. The normalized spacial score (nSPS) is 26.6. The quantitative estimate of drug-likeness (QED) is 0.714. The molecule has 0 aliphatic carbocycles. The SMILES string of the molecule is C=C1CC(C)(C)NC1=C.CC1(C)CC(=O)CC(C)(C)N1. The summed E-state index contributed by atoms with van der Waals surface area (Å²) < 4.78 is 0. The van der Waals surface area contributed by atoms with E-state index in [0.29, 0.717) is 18.6 Å². The van der Waals surface area contributed by atoms with Gasteiger partial charge in [0.15, 0.2) is 0 Å². The highest BCUT2D eigenvalue weighted by atomic mass is 16.1. The number of piperidine rings is 1. The van der Waals surface area contributed by atoms with Gasteiger partial charge in [0.25, 0.3) is 0 Å². The van der Waals surface area contributed by atoms with Gasteiger partial charge in [-0.1, -0.05) is 13.2 Å². The molecule has 0 aromatic carbocycles. The molecule has 0 aromatic rings. The first-order valence-electron chi connectivity index (χ1n) is 7.28. The second kappa shape index (κ2) is 5.36. The van der Waals surface area contributed by atoms with Crippen LogP contribution in [0.3, 0.4) is 0 Å². The van der Waals surface area contributed by atoms with Gasteiger partial charge in [0.1, 0.15) is 5.78 Å². The number of rotatable bonds is 0. The molecule has 2 aliphatic heterocycles. The van der Waals surface area contributed by atoms with Crippen molar-refractivity contribution in [2.75, 3.05) is 0 Å². The van der Waals surface area contributed by atoms with Gasteiger partial charge in [-0.25, -0.2) is 0 Å². The van der Waals surface area contributed by atoms with E-state index in [1.165, 1.54) is 0 Å². The molecule has 0 saturated carbocycles. The summed E-state index contributed by atoms with van der Waals surface area (Å²) in [6.07, 6.45) is 2.35. The minimum absolute atomic E-state index is 0.0150. The zero-order valence-electron chi connectivity index (χ0n) is 13.9. The first-order chi connectivity index (χ1) is 8.82. The van der Waals surface area contributed by atoms with Crippen molar-refractivity contribution in [3.63, 3.8) is 0 Å². The maximum absolute atomic E-state index is 11.3. The van der Waals surface area contributed by atoms with Crippen LogP contribution in [-0.4, -0.2) is 22.4 Å². The fraction of sp³-hybridized carbons (Fsp3) is 0.706. The lowest BCUT2D eigenvalue weighted by Crippen LogP contribution is -2.58. The standard InChI is InChI=1S/C9H17NO.C8H13N/c1-8(2)5-7(11)6-9(3,4)10-8;1-6-5-8(3,4)9-7(6)2/h10H,5-6H2,1-4H3;9H,1-2,5H2,3-4H3. The van der Waals surface area contributed by atoms with E-state index >= 15 is 0 Å². The Morgan fingerprint density at radius 2 is 1.30 bits per heavy atom. The van der Waals surface area contributed by atoms with Crippen LogP contribution >= 0.6 is 0 Å². The third-order valence-electron chi connectivity index (χ3n) is 3.53. The molecule has 2 saturated heterocycles. The molecule has 20 heavy (non-hydrogen) atoms. The van der Waals surface area contributed by atoms with Crippen LogP contribution in [0.2, 0.25) is 0 Å². The van der Waals surface area contributed by atoms with Crippen molar-refractivity contribution >= 4 is 5.78 Å². The molecule has 0 unspecified atom stereocenters. The van der Waals surface area contributed by atoms with E-state index in [2.05, 4.69) is 65.3 Å². The molecule has 2 N–H and O–H groups in total. The summed E-state index contributed by atoms with van der Waals surface area (Å²) in [6.45, 7) is 20.3. The van der Waals surface area contributed by atoms with Gasteiger partial charge >= 0.3 is 0 Å². The second-order valence-corrected chi connectivity index (χ2v) is 8.05. The van der Waals surface area contributed by atoms with Crippen molar-refractivity contribution in [2.45, 2.75) is 77.4 Å². The van der Waals surface area contributed by atoms with Gasteiger partial charge in [0, 0.05) is 35.2 Å². The summed E-state index contributed by atoms with van der Waals surface area (Å²) >= 11 is 0. The molecule has 114 valence electrons. The van der Waals surface area contributed by atoms with E-state index in [9.17, 15) is 4.79 Å². The summed E-state index contributed by atoms with van der Waals surface area (Å²) in [5.74, 6) is 0.374. The Bertz CT molecular complexity index is 394. The molecule has 3 heteroatoms. The number of hydrogen-bond acceptors (Lipinski definition) is 3. The first kappa shape index (κ1) is 17.0. The average Bonchev–Trinajstić information content (AvgIpc) is 2.31. The van der Waals surface area contributed by atoms with Crippen LogP contribution < -0.4 is 10.6 Å². The maximum Gasteiger partial charge on any atom is 0.136 e. The van der Waals surface area contributed by atoms with Gasteiger partial charge in [-0.3, -0.25) is 4.79 Å². The Kier molecular flexibility index (Phi) is 4.55. The zero-order chi connectivity index (χ0) is 15.8. The summed E-state index contributed by atoms with van der Waals surface area (Å²) in [5, 5.41) is 6.69. The number of nitrogens with one attached hydrogen (secondary N) is 2. The number of ketones is 1. The molecule has 2 fully saturated rings. The molecule has 0 aromatic heterocycles. The van der Waals surface area contributed by atoms with Crippen LogP contribution in [0.4, 0.5) is 0 Å². The highest BCUT2D eigenvalue weighted by Gasteiger charge is 2.36. The summed E-state index contributed by atoms with van der Waals surface area (Å²) in [5.41, 5.74) is 2.30. The molecule has 0 spiro atoms. The third kappa shape index (κ3) is 5.12. The van der Waals surface area contributed by atoms with Gasteiger partial charge < -0.3 is 10.6 Å². The number of allylic oxidation sites excluding steroid dienone is 1. The maximum atomic E-state index is 11.3. The lowest BCUT2D eigenvalue weighted by atomic mass is 9.82. The van der Waals surface area contributed by atoms with Crippen molar-refractivity contribution < 1.29 is 4.79 Å². The van der Waals surface area contributed by atoms with Crippen molar-refractivity contribution in [3.8, 4) is 0 Å². The Labute approximate surface area is 123 Å².